The van der Waals surface area contributed by atoms with Crippen LogP contribution >= 0.6 is 0 Å². The first kappa shape index (κ1) is 12.8. The standard InChI is InChI=1S/C11H20N2O3/c1-3-7-12(4-2)11(16)13(8-10(14)15)9-5-6-9/h9H,3-8H2,1-2H3,(H,14,15). The average Bonchev–Trinajstić information content (AvgIpc) is 3.05. The Morgan fingerprint density at radius 3 is 2.31 bits per heavy atom. The van der Waals surface area contributed by atoms with Gasteiger partial charge >= 0.3 is 12.0 Å². The molecule has 1 fully saturated rings. The van der Waals surface area contributed by atoms with Crippen LogP contribution in [0.15, 0.2) is 0 Å². The largest absolute Gasteiger partial charge is 0.480 e. The van der Waals surface area contributed by atoms with E-state index < -0.39 is 5.97 Å². The zero-order chi connectivity index (χ0) is 12.1. The predicted molar refractivity (Wildman–Crippen MR) is 60.3 cm³/mol. The molecule has 0 spiro atoms. The van der Waals surface area contributed by atoms with Crippen LogP contribution < -0.4 is 0 Å². The molecular weight excluding hydrogens is 208 g/mol. The van der Waals surface area contributed by atoms with Gasteiger partial charge in [0.25, 0.3) is 0 Å². The van der Waals surface area contributed by atoms with Crippen molar-refractivity contribution >= 4 is 12.0 Å². The van der Waals surface area contributed by atoms with Gasteiger partial charge < -0.3 is 14.9 Å². The van der Waals surface area contributed by atoms with Gasteiger partial charge in [-0.25, -0.2) is 4.79 Å². The molecule has 0 aromatic heterocycles. The highest BCUT2D eigenvalue weighted by Gasteiger charge is 2.35. The molecule has 0 bridgehead atoms. The van der Waals surface area contributed by atoms with Gasteiger partial charge in [-0.05, 0) is 26.2 Å². The van der Waals surface area contributed by atoms with E-state index in [1.54, 1.807) is 4.90 Å². The molecule has 1 aliphatic carbocycles. The minimum atomic E-state index is -0.937. The van der Waals surface area contributed by atoms with E-state index in [-0.39, 0.29) is 18.6 Å². The number of aliphatic carboxylic acids is 1. The number of carboxylic acids is 1. The monoisotopic (exact) mass is 228 g/mol. The molecule has 5 nitrogen and oxygen atoms in total. The molecule has 0 radical (unpaired) electrons. The summed E-state index contributed by atoms with van der Waals surface area (Å²) in [4.78, 5) is 26.0. The summed E-state index contributed by atoms with van der Waals surface area (Å²) in [7, 11) is 0. The van der Waals surface area contributed by atoms with Crippen molar-refractivity contribution < 1.29 is 14.7 Å². The van der Waals surface area contributed by atoms with Gasteiger partial charge in [0.1, 0.15) is 6.54 Å². The first-order valence-electron chi connectivity index (χ1n) is 5.87. The molecule has 1 aliphatic rings. The molecule has 0 aromatic rings. The Morgan fingerprint density at radius 1 is 1.31 bits per heavy atom. The molecule has 92 valence electrons. The number of urea groups is 1. The molecule has 1 N–H and O–H groups in total. The summed E-state index contributed by atoms with van der Waals surface area (Å²) in [6.45, 7) is 5.07. The minimum absolute atomic E-state index is 0.130. The van der Waals surface area contributed by atoms with E-state index in [0.29, 0.717) is 13.1 Å². The molecule has 0 unspecified atom stereocenters. The number of carbonyl (C=O) groups is 2. The Hall–Kier alpha value is -1.26. The van der Waals surface area contributed by atoms with Crippen molar-refractivity contribution in [3.63, 3.8) is 0 Å². The van der Waals surface area contributed by atoms with Crippen molar-refractivity contribution in [3.05, 3.63) is 0 Å². The maximum absolute atomic E-state index is 12.1. The maximum Gasteiger partial charge on any atom is 0.323 e. The minimum Gasteiger partial charge on any atom is -0.480 e. The summed E-state index contributed by atoms with van der Waals surface area (Å²) < 4.78 is 0. The molecular formula is C11H20N2O3. The van der Waals surface area contributed by atoms with Gasteiger partial charge in [-0.2, -0.15) is 0 Å². The smallest absolute Gasteiger partial charge is 0.323 e. The summed E-state index contributed by atoms with van der Waals surface area (Å²) in [5.74, 6) is -0.937. The Balaban J connectivity index is 2.61. The molecule has 0 atom stereocenters. The highest BCUT2D eigenvalue weighted by Crippen LogP contribution is 2.27. The van der Waals surface area contributed by atoms with Crippen molar-refractivity contribution in [1.29, 1.82) is 0 Å². The van der Waals surface area contributed by atoms with Crippen molar-refractivity contribution in [3.8, 4) is 0 Å². The van der Waals surface area contributed by atoms with Crippen molar-refractivity contribution in [2.75, 3.05) is 19.6 Å². The fraction of sp³-hybridized carbons (Fsp3) is 0.818. The Labute approximate surface area is 96.0 Å². The quantitative estimate of drug-likeness (QED) is 0.747. The number of hydrogen-bond acceptors (Lipinski definition) is 2. The van der Waals surface area contributed by atoms with Gasteiger partial charge in [-0.3, -0.25) is 4.79 Å². The van der Waals surface area contributed by atoms with Gasteiger partial charge in [0.15, 0.2) is 0 Å². The highest BCUT2D eigenvalue weighted by molar-refractivity contribution is 5.80. The van der Waals surface area contributed by atoms with E-state index in [1.165, 1.54) is 4.90 Å². The molecule has 16 heavy (non-hydrogen) atoms. The van der Waals surface area contributed by atoms with E-state index >= 15 is 0 Å². The molecule has 0 heterocycles. The van der Waals surface area contributed by atoms with Gasteiger partial charge in [-0.15, -0.1) is 0 Å². The maximum atomic E-state index is 12.1. The molecule has 0 saturated heterocycles. The van der Waals surface area contributed by atoms with Crippen molar-refractivity contribution in [2.24, 2.45) is 0 Å². The molecule has 0 aromatic carbocycles. The second-order valence-corrected chi connectivity index (χ2v) is 4.12. The Bertz CT molecular complexity index is 264. The normalized spacial score (nSPS) is 14.6. The van der Waals surface area contributed by atoms with Crippen molar-refractivity contribution in [2.45, 2.75) is 39.2 Å². The molecule has 1 rings (SSSR count). The van der Waals surface area contributed by atoms with Gasteiger partial charge in [0, 0.05) is 19.1 Å². The summed E-state index contributed by atoms with van der Waals surface area (Å²) >= 11 is 0. The summed E-state index contributed by atoms with van der Waals surface area (Å²) in [6.07, 6.45) is 2.76. The third-order valence-electron chi connectivity index (χ3n) is 2.68. The van der Waals surface area contributed by atoms with Crippen LogP contribution in [0.5, 0.6) is 0 Å². The lowest BCUT2D eigenvalue weighted by atomic mass is 10.4. The SMILES string of the molecule is CCCN(CC)C(=O)N(CC(=O)O)C1CC1. The molecule has 2 amide bonds. The Morgan fingerprint density at radius 2 is 1.94 bits per heavy atom. The second-order valence-electron chi connectivity index (χ2n) is 4.12. The number of carbonyl (C=O) groups excluding carboxylic acids is 1. The van der Waals surface area contributed by atoms with Gasteiger partial charge in [0.05, 0.1) is 0 Å². The van der Waals surface area contributed by atoms with E-state index in [4.69, 9.17) is 5.11 Å². The first-order chi connectivity index (χ1) is 7.60. The van der Waals surface area contributed by atoms with Crippen molar-refractivity contribution in [1.82, 2.24) is 9.80 Å². The number of rotatable bonds is 6. The second kappa shape index (κ2) is 5.72. The van der Waals surface area contributed by atoms with Crippen LogP contribution in [-0.2, 0) is 4.79 Å². The Kier molecular flexibility index (Phi) is 4.58. The zero-order valence-corrected chi connectivity index (χ0v) is 9.98. The van der Waals surface area contributed by atoms with Crippen LogP contribution in [0.2, 0.25) is 0 Å². The summed E-state index contributed by atoms with van der Waals surface area (Å²) in [5, 5.41) is 8.78. The van der Waals surface area contributed by atoms with Gasteiger partial charge in [0.2, 0.25) is 0 Å². The topological polar surface area (TPSA) is 60.9 Å². The van der Waals surface area contributed by atoms with Gasteiger partial charge in [-0.1, -0.05) is 6.92 Å². The summed E-state index contributed by atoms with van der Waals surface area (Å²) in [6, 6.07) is 0.0174. The van der Waals surface area contributed by atoms with Crippen LogP contribution in [0.3, 0.4) is 0 Å². The summed E-state index contributed by atoms with van der Waals surface area (Å²) in [5.41, 5.74) is 0. The van der Waals surface area contributed by atoms with E-state index in [0.717, 1.165) is 19.3 Å². The van der Waals surface area contributed by atoms with Crippen LogP contribution in [0.1, 0.15) is 33.1 Å². The molecule has 0 aliphatic heterocycles. The van der Waals surface area contributed by atoms with Crippen LogP contribution in [0, 0.1) is 0 Å². The number of hydrogen-bond donors (Lipinski definition) is 1. The van der Waals surface area contributed by atoms with E-state index in [1.807, 2.05) is 13.8 Å². The lowest BCUT2D eigenvalue weighted by molar-refractivity contribution is -0.137. The lowest BCUT2D eigenvalue weighted by Crippen LogP contribution is -2.46. The number of carboxylic acid groups (broad SMARTS) is 1. The fourth-order valence-corrected chi connectivity index (χ4v) is 1.73. The fourth-order valence-electron chi connectivity index (χ4n) is 1.73. The number of amides is 2. The lowest BCUT2D eigenvalue weighted by Gasteiger charge is -2.28. The third kappa shape index (κ3) is 3.40. The van der Waals surface area contributed by atoms with Crippen LogP contribution in [0.25, 0.3) is 0 Å². The van der Waals surface area contributed by atoms with Crippen LogP contribution in [-0.4, -0.2) is 52.6 Å². The molecule has 1 saturated carbocycles. The first-order valence-corrected chi connectivity index (χ1v) is 5.87. The van der Waals surface area contributed by atoms with Crippen LogP contribution in [0.4, 0.5) is 4.79 Å². The highest BCUT2D eigenvalue weighted by atomic mass is 16.4. The van der Waals surface area contributed by atoms with E-state index in [2.05, 4.69) is 0 Å². The predicted octanol–water partition coefficient (Wildman–Crippen LogP) is 1.39. The molecule has 5 heteroatoms. The van der Waals surface area contributed by atoms with E-state index in [9.17, 15) is 9.59 Å². The third-order valence-corrected chi connectivity index (χ3v) is 2.68. The number of nitrogens with zero attached hydrogens (tertiary/aromatic N) is 2. The average molecular weight is 228 g/mol. The zero-order valence-electron chi connectivity index (χ0n) is 9.98.